The molecule has 0 spiro atoms. The van der Waals surface area contributed by atoms with Crippen molar-refractivity contribution in [2.75, 3.05) is 0 Å². The van der Waals surface area contributed by atoms with Crippen molar-refractivity contribution in [2.45, 2.75) is 24.1 Å². The summed E-state index contributed by atoms with van der Waals surface area (Å²) in [7, 11) is 0. The second-order valence-corrected chi connectivity index (χ2v) is 6.95. The zero-order valence-electron chi connectivity index (χ0n) is 15.0. The molecule has 28 heavy (non-hydrogen) atoms. The number of thioether (sulfide) groups is 1. The number of hydrogen-bond donors (Lipinski definition) is 0. The van der Waals surface area contributed by atoms with Gasteiger partial charge in [-0.25, -0.2) is 9.37 Å². The van der Waals surface area contributed by atoms with Gasteiger partial charge in [0.05, 0.1) is 5.69 Å². The number of pyridine rings is 1. The lowest BCUT2D eigenvalue weighted by Gasteiger charge is -2.09. The number of nitrogens with zero attached hydrogens (tertiary/aromatic N) is 5. The number of hydrogen-bond acceptors (Lipinski definition) is 5. The Kier molecular flexibility index (Phi) is 5.38. The number of halogens is 1. The van der Waals surface area contributed by atoms with Crippen LogP contribution in [0.1, 0.15) is 11.5 Å². The number of para-hydroxylation sites is 1. The monoisotopic (exact) mass is 395 g/mol. The third kappa shape index (κ3) is 3.91. The molecule has 4 rings (SSSR count). The summed E-state index contributed by atoms with van der Waals surface area (Å²) in [5, 5.41) is 9.20. The predicted octanol–water partition coefficient (Wildman–Crippen LogP) is 4.12. The standard InChI is InChI=1S/C20H18FN5OS/c1-2-10-26-19(13-27-17-8-4-3-7-16(17)21)23-24-20(26)28-14-15-12-25-11-6-5-9-18(25)22-15/h2-9,11-12H,1,10,13-14H2. The highest BCUT2D eigenvalue weighted by Crippen LogP contribution is 2.23. The lowest BCUT2D eigenvalue weighted by molar-refractivity contribution is 0.275. The van der Waals surface area contributed by atoms with E-state index in [-0.39, 0.29) is 12.4 Å². The molecule has 0 saturated carbocycles. The molecule has 0 unspecified atom stereocenters. The largest absolute Gasteiger partial charge is 0.483 e. The Balaban J connectivity index is 1.47. The highest BCUT2D eigenvalue weighted by Gasteiger charge is 2.14. The Labute approximate surface area is 165 Å². The van der Waals surface area contributed by atoms with E-state index in [0.29, 0.717) is 18.1 Å². The fraction of sp³-hybridized carbons (Fsp3) is 0.150. The van der Waals surface area contributed by atoms with Gasteiger partial charge in [-0.3, -0.25) is 4.57 Å². The van der Waals surface area contributed by atoms with Crippen LogP contribution in [0.4, 0.5) is 4.39 Å². The Morgan fingerprint density at radius 2 is 2.00 bits per heavy atom. The second kappa shape index (κ2) is 8.26. The van der Waals surface area contributed by atoms with E-state index < -0.39 is 5.82 Å². The van der Waals surface area contributed by atoms with E-state index in [9.17, 15) is 4.39 Å². The quantitative estimate of drug-likeness (QED) is 0.332. The number of aromatic nitrogens is 5. The summed E-state index contributed by atoms with van der Waals surface area (Å²) >= 11 is 1.54. The molecule has 0 saturated heterocycles. The number of rotatable bonds is 8. The van der Waals surface area contributed by atoms with Crippen molar-refractivity contribution in [1.29, 1.82) is 0 Å². The van der Waals surface area contributed by atoms with E-state index in [1.54, 1.807) is 24.3 Å². The number of fused-ring (bicyclic) bond motifs is 1. The lowest BCUT2D eigenvalue weighted by atomic mass is 10.3. The fourth-order valence-corrected chi connectivity index (χ4v) is 3.59. The molecule has 0 atom stereocenters. The molecule has 1 aromatic carbocycles. The summed E-state index contributed by atoms with van der Waals surface area (Å²) in [6, 6.07) is 12.2. The van der Waals surface area contributed by atoms with Crippen LogP contribution in [-0.4, -0.2) is 24.1 Å². The molecule has 0 N–H and O–H groups in total. The van der Waals surface area contributed by atoms with Crippen LogP contribution >= 0.6 is 11.8 Å². The molecule has 0 radical (unpaired) electrons. The molecule has 0 amide bonds. The van der Waals surface area contributed by atoms with Crippen molar-refractivity contribution < 1.29 is 9.13 Å². The maximum absolute atomic E-state index is 13.7. The van der Waals surface area contributed by atoms with E-state index in [4.69, 9.17) is 4.74 Å². The zero-order valence-corrected chi connectivity index (χ0v) is 15.8. The molecule has 0 aliphatic rings. The molecule has 6 nitrogen and oxygen atoms in total. The van der Waals surface area contributed by atoms with Crippen molar-refractivity contribution in [1.82, 2.24) is 24.1 Å². The summed E-state index contributed by atoms with van der Waals surface area (Å²) in [6.07, 6.45) is 5.73. The number of allylic oxidation sites excluding steroid dienone is 1. The van der Waals surface area contributed by atoms with Crippen molar-refractivity contribution >= 4 is 17.4 Å². The maximum Gasteiger partial charge on any atom is 0.191 e. The van der Waals surface area contributed by atoms with Gasteiger partial charge in [0.15, 0.2) is 22.5 Å². The Bertz CT molecular complexity index is 1070. The Morgan fingerprint density at radius 3 is 2.82 bits per heavy atom. The first-order chi connectivity index (χ1) is 13.7. The molecule has 3 aromatic heterocycles. The molecule has 142 valence electrons. The minimum absolute atomic E-state index is 0.122. The van der Waals surface area contributed by atoms with Gasteiger partial charge in [-0.1, -0.05) is 36.0 Å². The minimum atomic E-state index is -0.404. The van der Waals surface area contributed by atoms with Crippen LogP contribution in [0, 0.1) is 5.82 Å². The van der Waals surface area contributed by atoms with Gasteiger partial charge >= 0.3 is 0 Å². The first-order valence-electron chi connectivity index (χ1n) is 8.70. The van der Waals surface area contributed by atoms with Crippen LogP contribution in [-0.2, 0) is 18.9 Å². The first kappa shape index (κ1) is 18.2. The summed E-state index contributed by atoms with van der Waals surface area (Å²) in [6.45, 7) is 4.46. The van der Waals surface area contributed by atoms with Crippen molar-refractivity contribution in [3.63, 3.8) is 0 Å². The van der Waals surface area contributed by atoms with Crippen molar-refractivity contribution in [2.24, 2.45) is 0 Å². The molecule has 3 heterocycles. The van der Waals surface area contributed by atoms with Gasteiger partial charge in [-0.15, -0.1) is 16.8 Å². The molecule has 0 fully saturated rings. The fourth-order valence-electron chi connectivity index (χ4n) is 2.74. The average Bonchev–Trinajstić information content (AvgIpc) is 3.29. The van der Waals surface area contributed by atoms with Crippen LogP contribution in [0.25, 0.3) is 5.65 Å². The number of ether oxygens (including phenoxy) is 1. The predicted molar refractivity (Wildman–Crippen MR) is 106 cm³/mol. The Morgan fingerprint density at radius 1 is 1.14 bits per heavy atom. The van der Waals surface area contributed by atoms with E-state index >= 15 is 0 Å². The first-order valence-corrected chi connectivity index (χ1v) is 9.69. The highest BCUT2D eigenvalue weighted by atomic mass is 32.2. The molecular weight excluding hydrogens is 377 g/mol. The summed E-state index contributed by atoms with van der Waals surface area (Å²) in [5.41, 5.74) is 1.86. The van der Waals surface area contributed by atoms with E-state index in [1.165, 1.54) is 17.8 Å². The van der Waals surface area contributed by atoms with Gasteiger partial charge in [0.2, 0.25) is 0 Å². The van der Waals surface area contributed by atoms with E-state index in [0.717, 1.165) is 16.5 Å². The van der Waals surface area contributed by atoms with Crippen LogP contribution in [0.15, 0.2) is 72.7 Å². The minimum Gasteiger partial charge on any atom is -0.483 e. The molecule has 0 aliphatic heterocycles. The Hall–Kier alpha value is -3.13. The molecule has 0 bridgehead atoms. The molecule has 8 heteroatoms. The molecule has 0 aliphatic carbocycles. The summed E-state index contributed by atoms with van der Waals surface area (Å²) in [4.78, 5) is 4.59. The smallest absolute Gasteiger partial charge is 0.191 e. The topological polar surface area (TPSA) is 57.2 Å². The van der Waals surface area contributed by atoms with Crippen molar-refractivity contribution in [3.8, 4) is 5.75 Å². The van der Waals surface area contributed by atoms with Gasteiger partial charge in [0.1, 0.15) is 12.3 Å². The number of benzene rings is 1. The van der Waals surface area contributed by atoms with Crippen LogP contribution < -0.4 is 4.74 Å². The van der Waals surface area contributed by atoms with E-state index in [2.05, 4.69) is 21.8 Å². The van der Waals surface area contributed by atoms with Crippen LogP contribution in [0.2, 0.25) is 0 Å². The third-order valence-electron chi connectivity index (χ3n) is 4.06. The molecule has 4 aromatic rings. The number of imidazole rings is 1. The van der Waals surface area contributed by atoms with Gasteiger partial charge in [0.25, 0.3) is 0 Å². The average molecular weight is 395 g/mol. The second-order valence-electron chi connectivity index (χ2n) is 6.00. The SMILES string of the molecule is C=CCn1c(COc2ccccc2F)nnc1SCc1cn2ccccc2n1. The normalized spacial score (nSPS) is 11.0. The van der Waals surface area contributed by atoms with Crippen LogP contribution in [0.5, 0.6) is 5.75 Å². The molecular formula is C20H18FN5OS. The van der Waals surface area contributed by atoms with Gasteiger partial charge in [-0.05, 0) is 24.3 Å². The van der Waals surface area contributed by atoms with Gasteiger partial charge in [0, 0.05) is 24.7 Å². The van der Waals surface area contributed by atoms with E-state index in [1.807, 2.05) is 39.6 Å². The third-order valence-corrected chi connectivity index (χ3v) is 5.06. The maximum atomic E-state index is 13.7. The summed E-state index contributed by atoms with van der Waals surface area (Å²) < 4.78 is 23.2. The highest BCUT2D eigenvalue weighted by molar-refractivity contribution is 7.98. The van der Waals surface area contributed by atoms with Gasteiger partial charge < -0.3 is 9.14 Å². The van der Waals surface area contributed by atoms with Crippen LogP contribution in [0.3, 0.4) is 0 Å². The lowest BCUT2D eigenvalue weighted by Crippen LogP contribution is -2.08. The van der Waals surface area contributed by atoms with Gasteiger partial charge in [-0.2, -0.15) is 0 Å². The van der Waals surface area contributed by atoms with Crippen molar-refractivity contribution in [3.05, 3.63) is 84.8 Å². The zero-order chi connectivity index (χ0) is 19.3. The summed E-state index contributed by atoms with van der Waals surface area (Å²) in [5.74, 6) is 1.06.